The van der Waals surface area contributed by atoms with Gasteiger partial charge in [0.2, 0.25) is 0 Å². The molecule has 17 heavy (non-hydrogen) atoms. The maximum Gasteiger partial charge on any atom is 0.180 e. The van der Waals surface area contributed by atoms with E-state index >= 15 is 0 Å². The standard InChI is InChI=1S/C12H17BrN4/c1-12(2,3)4-5-14-10-11-15-6-7-17(11)8-9(13)16-10/h6-8H,4-5H2,1-3H3,(H,14,16). The first kappa shape index (κ1) is 12.4. The van der Waals surface area contributed by atoms with E-state index in [2.05, 4.69) is 52.0 Å². The Labute approximate surface area is 110 Å². The zero-order valence-corrected chi connectivity index (χ0v) is 12.0. The van der Waals surface area contributed by atoms with Gasteiger partial charge in [-0.05, 0) is 27.8 Å². The molecular formula is C12H17BrN4. The van der Waals surface area contributed by atoms with E-state index in [4.69, 9.17) is 0 Å². The summed E-state index contributed by atoms with van der Waals surface area (Å²) in [4.78, 5) is 8.71. The van der Waals surface area contributed by atoms with E-state index in [1.54, 1.807) is 6.20 Å². The predicted molar refractivity (Wildman–Crippen MR) is 73.2 cm³/mol. The highest BCUT2D eigenvalue weighted by atomic mass is 79.9. The molecule has 0 radical (unpaired) electrons. The molecule has 0 fully saturated rings. The summed E-state index contributed by atoms with van der Waals surface area (Å²) < 4.78 is 2.76. The third-order valence-corrected chi connectivity index (χ3v) is 2.89. The van der Waals surface area contributed by atoms with E-state index in [0.29, 0.717) is 5.41 Å². The number of nitrogens with zero attached hydrogens (tertiary/aromatic N) is 3. The summed E-state index contributed by atoms with van der Waals surface area (Å²) in [5, 5.41) is 3.35. The first-order chi connectivity index (χ1) is 7.96. The van der Waals surface area contributed by atoms with Crippen LogP contribution in [-0.2, 0) is 0 Å². The van der Waals surface area contributed by atoms with Crippen molar-refractivity contribution in [2.24, 2.45) is 5.41 Å². The van der Waals surface area contributed by atoms with Crippen LogP contribution in [0.2, 0.25) is 0 Å². The van der Waals surface area contributed by atoms with Crippen LogP contribution in [-0.4, -0.2) is 20.9 Å². The minimum atomic E-state index is 0.324. The smallest absolute Gasteiger partial charge is 0.180 e. The monoisotopic (exact) mass is 296 g/mol. The van der Waals surface area contributed by atoms with Gasteiger partial charge < -0.3 is 9.72 Å². The molecule has 0 spiro atoms. The average Bonchev–Trinajstić information content (AvgIpc) is 2.63. The van der Waals surface area contributed by atoms with Crippen molar-refractivity contribution in [3.63, 3.8) is 0 Å². The largest absolute Gasteiger partial charge is 0.367 e. The van der Waals surface area contributed by atoms with Crippen molar-refractivity contribution in [2.75, 3.05) is 11.9 Å². The van der Waals surface area contributed by atoms with Gasteiger partial charge >= 0.3 is 0 Å². The third-order valence-electron chi connectivity index (χ3n) is 2.51. The normalized spacial score (nSPS) is 12.0. The van der Waals surface area contributed by atoms with Crippen LogP contribution >= 0.6 is 15.9 Å². The lowest BCUT2D eigenvalue weighted by atomic mass is 9.92. The molecule has 0 atom stereocenters. The van der Waals surface area contributed by atoms with Crippen molar-refractivity contribution in [1.29, 1.82) is 0 Å². The number of halogens is 1. The van der Waals surface area contributed by atoms with E-state index in [9.17, 15) is 0 Å². The van der Waals surface area contributed by atoms with Crippen LogP contribution in [0.5, 0.6) is 0 Å². The maximum absolute atomic E-state index is 4.42. The molecule has 2 rings (SSSR count). The lowest BCUT2D eigenvalue weighted by molar-refractivity contribution is 0.389. The molecule has 0 bridgehead atoms. The molecule has 2 heterocycles. The average molecular weight is 297 g/mol. The Morgan fingerprint density at radius 3 is 2.88 bits per heavy atom. The molecule has 4 nitrogen and oxygen atoms in total. The van der Waals surface area contributed by atoms with Gasteiger partial charge in [0.15, 0.2) is 11.5 Å². The second-order valence-electron chi connectivity index (χ2n) is 5.31. The Morgan fingerprint density at radius 1 is 1.41 bits per heavy atom. The quantitative estimate of drug-likeness (QED) is 0.944. The van der Waals surface area contributed by atoms with Crippen LogP contribution in [0, 0.1) is 5.41 Å². The van der Waals surface area contributed by atoms with Crippen molar-refractivity contribution in [1.82, 2.24) is 14.4 Å². The van der Waals surface area contributed by atoms with Gasteiger partial charge in [0.1, 0.15) is 4.60 Å². The van der Waals surface area contributed by atoms with Crippen LogP contribution in [0.15, 0.2) is 23.2 Å². The maximum atomic E-state index is 4.42. The Balaban J connectivity index is 2.15. The van der Waals surface area contributed by atoms with Crippen molar-refractivity contribution >= 4 is 27.4 Å². The molecule has 5 heteroatoms. The number of anilines is 1. The number of aromatic nitrogens is 3. The second kappa shape index (κ2) is 4.64. The molecule has 2 aromatic heterocycles. The Kier molecular flexibility index (Phi) is 3.38. The molecule has 92 valence electrons. The molecule has 1 N–H and O–H groups in total. The summed E-state index contributed by atoms with van der Waals surface area (Å²) >= 11 is 3.40. The number of hydrogen-bond acceptors (Lipinski definition) is 3. The predicted octanol–water partition coefficient (Wildman–Crippen LogP) is 3.34. The molecular weight excluding hydrogens is 280 g/mol. The first-order valence-electron chi connectivity index (χ1n) is 5.69. The van der Waals surface area contributed by atoms with Gasteiger partial charge in [0.25, 0.3) is 0 Å². The summed E-state index contributed by atoms with van der Waals surface area (Å²) in [6.45, 7) is 7.59. The van der Waals surface area contributed by atoms with Gasteiger partial charge in [-0.3, -0.25) is 0 Å². The fraction of sp³-hybridized carbons (Fsp3) is 0.500. The van der Waals surface area contributed by atoms with Gasteiger partial charge in [-0.2, -0.15) is 0 Å². The van der Waals surface area contributed by atoms with Crippen molar-refractivity contribution in [3.05, 3.63) is 23.2 Å². The molecule has 0 saturated carbocycles. The lowest BCUT2D eigenvalue weighted by Crippen LogP contribution is -2.14. The molecule has 0 aliphatic heterocycles. The summed E-state index contributed by atoms with van der Waals surface area (Å²) in [5.41, 5.74) is 1.19. The summed E-state index contributed by atoms with van der Waals surface area (Å²) in [6.07, 6.45) is 6.68. The van der Waals surface area contributed by atoms with Crippen LogP contribution in [0.3, 0.4) is 0 Å². The van der Waals surface area contributed by atoms with Crippen molar-refractivity contribution in [3.8, 4) is 0 Å². The summed E-state index contributed by atoms with van der Waals surface area (Å²) in [7, 11) is 0. The third kappa shape index (κ3) is 3.19. The molecule has 0 amide bonds. The zero-order chi connectivity index (χ0) is 12.5. The Morgan fingerprint density at radius 2 is 2.18 bits per heavy atom. The van der Waals surface area contributed by atoms with E-state index in [1.165, 1.54) is 0 Å². The summed E-state index contributed by atoms with van der Waals surface area (Å²) in [5.74, 6) is 0.827. The molecule has 0 aliphatic carbocycles. The zero-order valence-electron chi connectivity index (χ0n) is 10.4. The van der Waals surface area contributed by atoms with Crippen LogP contribution in [0.25, 0.3) is 5.65 Å². The second-order valence-corrected chi connectivity index (χ2v) is 6.12. The summed E-state index contributed by atoms with van der Waals surface area (Å²) in [6, 6.07) is 0. The highest BCUT2D eigenvalue weighted by Crippen LogP contribution is 2.20. The van der Waals surface area contributed by atoms with Gasteiger partial charge in [0.05, 0.1) is 0 Å². The van der Waals surface area contributed by atoms with Gasteiger partial charge in [-0.25, -0.2) is 9.97 Å². The SMILES string of the molecule is CC(C)(C)CCNc1nc(Br)cn2ccnc12. The van der Waals surface area contributed by atoms with Crippen molar-refractivity contribution in [2.45, 2.75) is 27.2 Å². The highest BCUT2D eigenvalue weighted by Gasteiger charge is 2.11. The Bertz CT molecular complexity index is 513. The molecule has 0 unspecified atom stereocenters. The number of fused-ring (bicyclic) bond motifs is 1. The van der Waals surface area contributed by atoms with Crippen LogP contribution in [0.4, 0.5) is 5.82 Å². The van der Waals surface area contributed by atoms with Crippen molar-refractivity contribution < 1.29 is 0 Å². The molecule has 0 aliphatic rings. The molecule has 0 aromatic carbocycles. The van der Waals surface area contributed by atoms with Gasteiger partial charge in [-0.1, -0.05) is 20.8 Å². The fourth-order valence-corrected chi connectivity index (χ4v) is 1.97. The first-order valence-corrected chi connectivity index (χ1v) is 6.48. The van der Waals surface area contributed by atoms with Crippen LogP contribution in [0.1, 0.15) is 27.2 Å². The van der Waals surface area contributed by atoms with Crippen LogP contribution < -0.4 is 5.32 Å². The molecule has 0 saturated heterocycles. The number of imidazole rings is 1. The minimum Gasteiger partial charge on any atom is -0.367 e. The van der Waals surface area contributed by atoms with Gasteiger partial charge in [-0.15, -0.1) is 0 Å². The van der Waals surface area contributed by atoms with E-state index in [1.807, 2.05) is 16.8 Å². The lowest BCUT2D eigenvalue weighted by Gasteiger charge is -2.18. The minimum absolute atomic E-state index is 0.324. The number of hydrogen-bond donors (Lipinski definition) is 1. The fourth-order valence-electron chi connectivity index (χ4n) is 1.58. The molecule has 2 aromatic rings. The van der Waals surface area contributed by atoms with Gasteiger partial charge in [0, 0.05) is 25.1 Å². The number of rotatable bonds is 3. The highest BCUT2D eigenvalue weighted by molar-refractivity contribution is 9.10. The van der Waals surface area contributed by atoms with E-state index in [0.717, 1.165) is 29.0 Å². The topological polar surface area (TPSA) is 42.2 Å². The number of nitrogens with one attached hydrogen (secondary N) is 1. The Hall–Kier alpha value is -1.10. The van der Waals surface area contributed by atoms with E-state index < -0.39 is 0 Å². The van der Waals surface area contributed by atoms with E-state index in [-0.39, 0.29) is 0 Å².